The number of aromatic nitrogens is 1. The second kappa shape index (κ2) is 7.39. The van der Waals surface area contributed by atoms with Crippen molar-refractivity contribution in [3.8, 4) is 0 Å². The second-order valence-corrected chi connectivity index (χ2v) is 7.34. The quantitative estimate of drug-likeness (QED) is 0.836. The molecule has 3 heteroatoms. The summed E-state index contributed by atoms with van der Waals surface area (Å²) in [5.41, 5.74) is 1.52. The average molecular weight is 327 g/mol. The Morgan fingerprint density at radius 1 is 1.32 bits per heavy atom. The van der Waals surface area contributed by atoms with Crippen molar-refractivity contribution >= 4 is 15.9 Å². The molecule has 1 N–H and O–H groups in total. The van der Waals surface area contributed by atoms with Crippen molar-refractivity contribution in [1.29, 1.82) is 0 Å². The molecule has 1 aromatic heterocycles. The molecule has 0 saturated heterocycles. The van der Waals surface area contributed by atoms with E-state index in [0.717, 1.165) is 23.1 Å². The van der Waals surface area contributed by atoms with Crippen LogP contribution in [-0.4, -0.2) is 17.6 Å². The van der Waals surface area contributed by atoms with Crippen LogP contribution >= 0.6 is 15.9 Å². The first-order valence-electron chi connectivity index (χ1n) is 7.16. The van der Waals surface area contributed by atoms with Gasteiger partial charge in [-0.3, -0.25) is 4.98 Å². The first-order chi connectivity index (χ1) is 8.82. The Labute approximate surface area is 126 Å². The number of halogens is 1. The van der Waals surface area contributed by atoms with E-state index >= 15 is 0 Å². The number of pyridine rings is 1. The SMILES string of the molecule is CCNC(Cc1ccc(Br)cn1)CC(C)C(C)(C)C. The molecule has 0 radical (unpaired) electrons. The third-order valence-corrected chi connectivity index (χ3v) is 4.32. The highest BCUT2D eigenvalue weighted by Crippen LogP contribution is 2.29. The van der Waals surface area contributed by atoms with Gasteiger partial charge in [0.15, 0.2) is 0 Å². The van der Waals surface area contributed by atoms with Crippen molar-refractivity contribution in [2.75, 3.05) is 6.54 Å². The van der Waals surface area contributed by atoms with Gasteiger partial charge in [-0.2, -0.15) is 0 Å². The Balaban J connectivity index is 2.64. The van der Waals surface area contributed by atoms with Gasteiger partial charge in [-0.1, -0.05) is 34.6 Å². The van der Waals surface area contributed by atoms with Crippen LogP contribution in [0.25, 0.3) is 0 Å². The summed E-state index contributed by atoms with van der Waals surface area (Å²) in [6, 6.07) is 4.68. The molecule has 2 atom stereocenters. The van der Waals surface area contributed by atoms with Gasteiger partial charge < -0.3 is 5.32 Å². The molecular formula is C16H27BrN2. The lowest BCUT2D eigenvalue weighted by Crippen LogP contribution is -2.35. The number of hydrogen-bond acceptors (Lipinski definition) is 2. The second-order valence-electron chi connectivity index (χ2n) is 6.43. The lowest BCUT2D eigenvalue weighted by atomic mass is 9.78. The van der Waals surface area contributed by atoms with Gasteiger partial charge in [0.05, 0.1) is 0 Å². The van der Waals surface area contributed by atoms with E-state index in [-0.39, 0.29) is 0 Å². The number of rotatable bonds is 6. The summed E-state index contributed by atoms with van der Waals surface area (Å²) in [5.74, 6) is 0.687. The Bertz CT molecular complexity index is 367. The molecule has 0 fully saturated rings. The van der Waals surface area contributed by atoms with Crippen LogP contribution in [0.4, 0.5) is 0 Å². The van der Waals surface area contributed by atoms with E-state index in [1.807, 2.05) is 6.20 Å². The van der Waals surface area contributed by atoms with E-state index in [0.29, 0.717) is 17.4 Å². The van der Waals surface area contributed by atoms with Crippen LogP contribution in [0.1, 0.15) is 46.7 Å². The molecule has 0 amide bonds. The minimum atomic E-state index is 0.362. The van der Waals surface area contributed by atoms with Gasteiger partial charge >= 0.3 is 0 Å². The molecule has 0 bridgehead atoms. The number of hydrogen-bond donors (Lipinski definition) is 1. The van der Waals surface area contributed by atoms with Crippen molar-refractivity contribution in [2.24, 2.45) is 11.3 Å². The van der Waals surface area contributed by atoms with E-state index in [4.69, 9.17) is 0 Å². The molecular weight excluding hydrogens is 300 g/mol. The maximum atomic E-state index is 4.48. The summed E-state index contributed by atoms with van der Waals surface area (Å²) in [4.78, 5) is 4.48. The van der Waals surface area contributed by atoms with Crippen LogP contribution in [0, 0.1) is 11.3 Å². The highest BCUT2D eigenvalue weighted by atomic mass is 79.9. The summed E-state index contributed by atoms with van der Waals surface area (Å²) in [6.07, 6.45) is 4.07. The average Bonchev–Trinajstić information content (AvgIpc) is 2.31. The summed E-state index contributed by atoms with van der Waals surface area (Å²) >= 11 is 3.43. The van der Waals surface area contributed by atoms with Crippen LogP contribution in [-0.2, 0) is 6.42 Å². The first kappa shape index (κ1) is 16.6. The molecule has 2 nitrogen and oxygen atoms in total. The Kier molecular flexibility index (Phi) is 6.48. The molecule has 0 aliphatic rings. The highest BCUT2D eigenvalue weighted by molar-refractivity contribution is 9.10. The smallest absolute Gasteiger partial charge is 0.0419 e. The van der Waals surface area contributed by atoms with Gasteiger partial charge in [0.25, 0.3) is 0 Å². The van der Waals surface area contributed by atoms with Crippen molar-refractivity contribution in [3.05, 3.63) is 28.5 Å². The number of likely N-dealkylation sites (N-methyl/N-ethyl adjacent to an activating group) is 1. The molecule has 0 aromatic carbocycles. The van der Waals surface area contributed by atoms with Gasteiger partial charge in [0.1, 0.15) is 0 Å². The zero-order valence-electron chi connectivity index (χ0n) is 12.8. The van der Waals surface area contributed by atoms with Gasteiger partial charge in [-0.25, -0.2) is 0 Å². The van der Waals surface area contributed by atoms with Crippen LogP contribution < -0.4 is 5.32 Å². The summed E-state index contributed by atoms with van der Waals surface area (Å²) < 4.78 is 1.04. The van der Waals surface area contributed by atoms with E-state index in [2.05, 4.69) is 73.0 Å². The predicted octanol–water partition coefficient (Wildman–Crippen LogP) is 4.44. The largest absolute Gasteiger partial charge is 0.314 e. The molecule has 1 heterocycles. The van der Waals surface area contributed by atoms with Crippen molar-refractivity contribution in [2.45, 2.75) is 53.5 Å². The van der Waals surface area contributed by atoms with Gasteiger partial charge in [-0.05, 0) is 52.4 Å². The maximum absolute atomic E-state index is 4.48. The van der Waals surface area contributed by atoms with Crippen LogP contribution in [0.3, 0.4) is 0 Å². The molecule has 1 rings (SSSR count). The summed E-state index contributed by atoms with van der Waals surface area (Å²) in [7, 11) is 0. The normalized spacial score (nSPS) is 15.3. The summed E-state index contributed by atoms with van der Waals surface area (Å²) in [6.45, 7) is 12.5. The van der Waals surface area contributed by atoms with Crippen molar-refractivity contribution in [3.63, 3.8) is 0 Å². The van der Waals surface area contributed by atoms with Gasteiger partial charge in [-0.15, -0.1) is 0 Å². The molecule has 0 aliphatic carbocycles. The van der Waals surface area contributed by atoms with Crippen molar-refractivity contribution in [1.82, 2.24) is 10.3 Å². The van der Waals surface area contributed by atoms with Crippen LogP contribution in [0.2, 0.25) is 0 Å². The zero-order chi connectivity index (χ0) is 14.5. The molecule has 108 valence electrons. The minimum absolute atomic E-state index is 0.362. The Morgan fingerprint density at radius 2 is 2.00 bits per heavy atom. The lowest BCUT2D eigenvalue weighted by molar-refractivity contribution is 0.222. The molecule has 1 aromatic rings. The van der Waals surface area contributed by atoms with E-state index in [1.54, 1.807) is 0 Å². The minimum Gasteiger partial charge on any atom is -0.314 e. The molecule has 0 spiro atoms. The number of nitrogens with one attached hydrogen (secondary N) is 1. The monoisotopic (exact) mass is 326 g/mol. The Hall–Kier alpha value is -0.410. The number of nitrogens with zero attached hydrogens (tertiary/aromatic N) is 1. The van der Waals surface area contributed by atoms with E-state index < -0.39 is 0 Å². The van der Waals surface area contributed by atoms with Gasteiger partial charge in [0, 0.05) is 28.8 Å². The van der Waals surface area contributed by atoms with Crippen molar-refractivity contribution < 1.29 is 0 Å². The fraction of sp³-hybridized carbons (Fsp3) is 0.688. The first-order valence-corrected chi connectivity index (χ1v) is 7.96. The fourth-order valence-electron chi connectivity index (χ4n) is 2.09. The van der Waals surface area contributed by atoms with E-state index in [9.17, 15) is 0 Å². The van der Waals surface area contributed by atoms with Crippen LogP contribution in [0.5, 0.6) is 0 Å². The van der Waals surface area contributed by atoms with Crippen LogP contribution in [0.15, 0.2) is 22.8 Å². The van der Waals surface area contributed by atoms with Gasteiger partial charge in [0.2, 0.25) is 0 Å². The fourth-order valence-corrected chi connectivity index (χ4v) is 2.32. The standard InChI is InChI=1S/C16H27BrN2/c1-6-18-15(9-12(2)16(3,4)5)10-14-8-7-13(17)11-19-14/h7-8,11-12,15,18H,6,9-10H2,1-5H3. The summed E-state index contributed by atoms with van der Waals surface area (Å²) in [5, 5.41) is 3.60. The zero-order valence-corrected chi connectivity index (χ0v) is 14.4. The third-order valence-electron chi connectivity index (χ3n) is 3.85. The molecule has 19 heavy (non-hydrogen) atoms. The highest BCUT2D eigenvalue weighted by Gasteiger charge is 2.23. The molecule has 0 saturated carbocycles. The predicted molar refractivity (Wildman–Crippen MR) is 86.3 cm³/mol. The maximum Gasteiger partial charge on any atom is 0.0419 e. The topological polar surface area (TPSA) is 24.9 Å². The molecule has 2 unspecified atom stereocenters. The van der Waals surface area contributed by atoms with E-state index in [1.165, 1.54) is 6.42 Å². The Morgan fingerprint density at radius 3 is 2.47 bits per heavy atom. The third kappa shape index (κ3) is 6.05. The molecule has 0 aliphatic heterocycles. The lowest BCUT2D eigenvalue weighted by Gasteiger charge is -2.31.